The maximum absolute atomic E-state index is 12.3. The van der Waals surface area contributed by atoms with E-state index in [1.807, 2.05) is 11.9 Å². The van der Waals surface area contributed by atoms with Crippen molar-refractivity contribution in [1.29, 1.82) is 0 Å². The average molecular weight is 248 g/mol. The van der Waals surface area contributed by atoms with Crippen molar-refractivity contribution in [3.63, 3.8) is 0 Å². The molecule has 1 amide bonds. The van der Waals surface area contributed by atoms with Gasteiger partial charge in [-0.3, -0.25) is 4.79 Å². The highest BCUT2D eigenvalue weighted by Gasteiger charge is 2.30. The van der Waals surface area contributed by atoms with E-state index in [4.69, 9.17) is 0 Å². The molecule has 3 rings (SSSR count). The second kappa shape index (κ2) is 3.60. The van der Waals surface area contributed by atoms with Gasteiger partial charge in [-0.2, -0.15) is 0 Å². The molecule has 3 heterocycles. The second-order valence-electron chi connectivity index (χ2n) is 4.90. The molecule has 17 heavy (non-hydrogen) atoms. The fourth-order valence-electron chi connectivity index (χ4n) is 2.65. The third-order valence-corrected chi connectivity index (χ3v) is 4.43. The quantitative estimate of drug-likeness (QED) is 0.761. The zero-order valence-corrected chi connectivity index (χ0v) is 11.2. The summed E-state index contributed by atoms with van der Waals surface area (Å²) >= 11 is 1.75. The largest absolute Gasteiger partial charge is 0.340 e. The number of carbonyl (C=O) groups is 1. The highest BCUT2D eigenvalue weighted by molar-refractivity contribution is 7.17. The van der Waals surface area contributed by atoms with Gasteiger partial charge in [0.1, 0.15) is 5.69 Å². The maximum atomic E-state index is 12.3. The van der Waals surface area contributed by atoms with Gasteiger partial charge >= 0.3 is 0 Å². The minimum Gasteiger partial charge on any atom is -0.340 e. The van der Waals surface area contributed by atoms with Crippen molar-refractivity contribution in [2.45, 2.75) is 26.3 Å². The number of aromatic nitrogens is 1. The van der Waals surface area contributed by atoms with E-state index in [0.29, 0.717) is 6.04 Å². The van der Waals surface area contributed by atoms with Crippen LogP contribution in [0.15, 0.2) is 11.4 Å². The Bertz CT molecular complexity index is 594. The molecule has 0 saturated heterocycles. The fraction of sp³-hybridized carbons (Fsp3) is 0.462. The molecule has 0 spiro atoms. The third-order valence-electron chi connectivity index (χ3n) is 3.47. The van der Waals surface area contributed by atoms with Gasteiger partial charge in [0, 0.05) is 25.2 Å². The Morgan fingerprint density at radius 1 is 1.41 bits per heavy atom. The van der Waals surface area contributed by atoms with Gasteiger partial charge in [-0.15, -0.1) is 11.3 Å². The Morgan fingerprint density at radius 3 is 2.88 bits per heavy atom. The lowest BCUT2D eigenvalue weighted by Gasteiger charge is -2.25. The van der Waals surface area contributed by atoms with Crippen LogP contribution in [0.5, 0.6) is 0 Å². The Morgan fingerprint density at radius 2 is 2.18 bits per heavy atom. The first-order chi connectivity index (χ1) is 8.11. The van der Waals surface area contributed by atoms with E-state index in [2.05, 4.69) is 29.9 Å². The molecule has 0 saturated carbocycles. The summed E-state index contributed by atoms with van der Waals surface area (Å²) in [6, 6.07) is 2.46. The van der Waals surface area contributed by atoms with Crippen molar-refractivity contribution in [2.24, 2.45) is 0 Å². The van der Waals surface area contributed by atoms with Crippen LogP contribution < -0.4 is 0 Å². The summed E-state index contributed by atoms with van der Waals surface area (Å²) in [7, 11) is 1.89. The molecular weight excluding hydrogens is 232 g/mol. The highest BCUT2D eigenvalue weighted by Crippen LogP contribution is 2.36. The smallest absolute Gasteiger partial charge is 0.270 e. The lowest BCUT2D eigenvalue weighted by Crippen LogP contribution is -2.35. The molecule has 0 aromatic carbocycles. The van der Waals surface area contributed by atoms with E-state index >= 15 is 0 Å². The first-order valence-corrected chi connectivity index (χ1v) is 6.85. The van der Waals surface area contributed by atoms with Gasteiger partial charge < -0.3 is 9.47 Å². The molecule has 0 unspecified atom stereocenters. The number of nitrogens with zero attached hydrogens (tertiary/aromatic N) is 2. The second-order valence-corrected chi connectivity index (χ2v) is 5.82. The number of hydrogen-bond acceptors (Lipinski definition) is 2. The SMILES string of the molecule is CC(C)n1c2c(c3sccc31)CCN(C)C2=O. The van der Waals surface area contributed by atoms with Crippen molar-refractivity contribution < 1.29 is 4.79 Å². The van der Waals surface area contributed by atoms with Gasteiger partial charge in [-0.25, -0.2) is 0 Å². The molecule has 90 valence electrons. The topological polar surface area (TPSA) is 25.2 Å². The molecule has 3 nitrogen and oxygen atoms in total. The molecule has 1 aliphatic rings. The Kier molecular flexibility index (Phi) is 2.30. The van der Waals surface area contributed by atoms with Crippen LogP contribution in [0.3, 0.4) is 0 Å². The molecule has 2 aromatic heterocycles. The molecule has 0 atom stereocenters. The van der Waals surface area contributed by atoms with Crippen molar-refractivity contribution in [1.82, 2.24) is 9.47 Å². The molecule has 0 N–H and O–H groups in total. The number of hydrogen-bond donors (Lipinski definition) is 0. The van der Waals surface area contributed by atoms with E-state index in [9.17, 15) is 4.79 Å². The summed E-state index contributed by atoms with van der Waals surface area (Å²) in [5.74, 6) is 0.170. The number of amides is 1. The van der Waals surface area contributed by atoms with Crippen LogP contribution >= 0.6 is 11.3 Å². The zero-order chi connectivity index (χ0) is 12.2. The minimum absolute atomic E-state index is 0.170. The first-order valence-electron chi connectivity index (χ1n) is 5.97. The van der Waals surface area contributed by atoms with Crippen LogP contribution in [0.1, 0.15) is 35.9 Å². The monoisotopic (exact) mass is 248 g/mol. The molecule has 0 fully saturated rings. The summed E-state index contributed by atoms with van der Waals surface area (Å²) in [6.45, 7) is 5.11. The molecule has 1 aliphatic heterocycles. The average Bonchev–Trinajstić information content (AvgIpc) is 2.82. The Labute approximate surface area is 105 Å². The standard InChI is InChI=1S/C13H16N2OS/c1-8(2)15-10-5-7-17-12(10)9-4-6-14(3)13(16)11(9)15/h5,7-8H,4,6H2,1-3H3. The van der Waals surface area contributed by atoms with Gasteiger partial charge in [0.05, 0.1) is 10.2 Å². The highest BCUT2D eigenvalue weighted by atomic mass is 32.1. The summed E-state index contributed by atoms with van der Waals surface area (Å²) in [6.07, 6.45) is 0.980. The van der Waals surface area contributed by atoms with Crippen LogP contribution in [0.4, 0.5) is 0 Å². The molecular formula is C13H16N2OS. The lowest BCUT2D eigenvalue weighted by molar-refractivity contribution is 0.0768. The zero-order valence-electron chi connectivity index (χ0n) is 10.4. The predicted molar refractivity (Wildman–Crippen MR) is 70.9 cm³/mol. The molecule has 0 aliphatic carbocycles. The number of carbonyl (C=O) groups excluding carboxylic acids is 1. The van der Waals surface area contributed by atoms with Gasteiger partial charge in [0.2, 0.25) is 0 Å². The maximum Gasteiger partial charge on any atom is 0.270 e. The fourth-order valence-corrected chi connectivity index (χ4v) is 3.61. The van der Waals surface area contributed by atoms with Crippen molar-refractivity contribution in [3.8, 4) is 0 Å². The first kappa shape index (κ1) is 10.8. The van der Waals surface area contributed by atoms with Crippen LogP contribution in [0.25, 0.3) is 10.2 Å². The van der Waals surface area contributed by atoms with Crippen molar-refractivity contribution in [3.05, 3.63) is 22.7 Å². The normalized spacial score (nSPS) is 16.0. The van der Waals surface area contributed by atoms with Gasteiger partial charge in [-0.1, -0.05) is 0 Å². The summed E-state index contributed by atoms with van der Waals surface area (Å²) in [5, 5.41) is 2.12. The lowest BCUT2D eigenvalue weighted by atomic mass is 10.1. The van der Waals surface area contributed by atoms with Crippen molar-refractivity contribution >= 4 is 27.5 Å². The van der Waals surface area contributed by atoms with Crippen molar-refractivity contribution in [2.75, 3.05) is 13.6 Å². The summed E-state index contributed by atoms with van der Waals surface area (Å²) < 4.78 is 3.49. The van der Waals surface area contributed by atoms with Gasteiger partial charge in [0.25, 0.3) is 5.91 Å². The summed E-state index contributed by atoms with van der Waals surface area (Å²) in [5.41, 5.74) is 3.39. The summed E-state index contributed by atoms with van der Waals surface area (Å²) in [4.78, 5) is 14.1. The van der Waals surface area contributed by atoms with Crippen LogP contribution in [0, 0.1) is 0 Å². The van der Waals surface area contributed by atoms with Crippen LogP contribution in [-0.2, 0) is 6.42 Å². The number of thiophene rings is 1. The van der Waals surface area contributed by atoms with E-state index in [1.165, 1.54) is 15.8 Å². The van der Waals surface area contributed by atoms with Gasteiger partial charge in [-0.05, 0) is 31.7 Å². The van der Waals surface area contributed by atoms with E-state index in [1.54, 1.807) is 11.3 Å². The van der Waals surface area contributed by atoms with E-state index in [-0.39, 0.29) is 5.91 Å². The number of rotatable bonds is 1. The minimum atomic E-state index is 0.170. The van der Waals surface area contributed by atoms with Gasteiger partial charge in [0.15, 0.2) is 0 Å². The van der Waals surface area contributed by atoms with Crippen LogP contribution in [-0.4, -0.2) is 29.0 Å². The van der Waals surface area contributed by atoms with E-state index < -0.39 is 0 Å². The predicted octanol–water partition coefficient (Wildman–Crippen LogP) is 2.91. The molecule has 2 aromatic rings. The number of likely N-dealkylation sites (N-methyl/N-ethyl adjacent to an activating group) is 1. The van der Waals surface area contributed by atoms with Crippen LogP contribution in [0.2, 0.25) is 0 Å². The molecule has 0 bridgehead atoms. The van der Waals surface area contributed by atoms with E-state index in [0.717, 1.165) is 18.7 Å². The third kappa shape index (κ3) is 1.37. The Hall–Kier alpha value is -1.29. The Balaban J connectivity index is 2.37. The number of fused-ring (bicyclic) bond motifs is 3. The molecule has 4 heteroatoms. The molecule has 0 radical (unpaired) electrons.